The number of aromatic nitrogens is 1. The zero-order valence-corrected chi connectivity index (χ0v) is 16.4. The molecular weight excluding hydrogens is 375 g/mol. The van der Waals surface area contributed by atoms with Gasteiger partial charge in [0.05, 0.1) is 6.61 Å². The standard InChI is InChI=1S/C19H26F3N3O3/c1-18(2,3)9-14(15(26)23-4)24-16(27)13-8-7-12(19(20,21)22)17(25-13)28-10-11-5-6-11/h7-8,11,14H,5-6,9-10H2,1-4H3,(H,23,26)(H,24,27). The molecule has 1 heterocycles. The number of rotatable bonds is 7. The van der Waals surface area contributed by atoms with Gasteiger partial charge in [0, 0.05) is 7.05 Å². The summed E-state index contributed by atoms with van der Waals surface area (Å²) in [5, 5.41) is 5.03. The molecule has 1 aromatic heterocycles. The number of nitrogens with one attached hydrogen (secondary N) is 2. The van der Waals surface area contributed by atoms with E-state index in [0.29, 0.717) is 6.42 Å². The van der Waals surface area contributed by atoms with E-state index < -0.39 is 29.6 Å². The number of amides is 2. The Balaban J connectivity index is 2.22. The quantitative estimate of drug-likeness (QED) is 0.736. The van der Waals surface area contributed by atoms with Crippen molar-refractivity contribution in [2.45, 2.75) is 52.3 Å². The molecule has 28 heavy (non-hydrogen) atoms. The lowest BCUT2D eigenvalue weighted by Crippen LogP contribution is -2.47. The number of ether oxygens (including phenoxy) is 1. The lowest BCUT2D eigenvalue weighted by molar-refractivity contribution is -0.139. The highest BCUT2D eigenvalue weighted by Gasteiger charge is 2.37. The van der Waals surface area contributed by atoms with Gasteiger partial charge in [-0.3, -0.25) is 9.59 Å². The summed E-state index contributed by atoms with van der Waals surface area (Å²) < 4.78 is 44.8. The van der Waals surface area contributed by atoms with Gasteiger partial charge in [-0.25, -0.2) is 4.98 Å². The first kappa shape index (κ1) is 22.0. The van der Waals surface area contributed by atoms with Crippen molar-refractivity contribution in [3.63, 3.8) is 0 Å². The zero-order valence-electron chi connectivity index (χ0n) is 16.4. The van der Waals surface area contributed by atoms with Crippen molar-refractivity contribution in [2.24, 2.45) is 11.3 Å². The molecule has 0 saturated heterocycles. The maximum Gasteiger partial charge on any atom is 0.421 e. The smallest absolute Gasteiger partial charge is 0.421 e. The average molecular weight is 401 g/mol. The minimum atomic E-state index is -4.64. The second kappa shape index (κ2) is 8.36. The Morgan fingerprint density at radius 1 is 1.25 bits per heavy atom. The molecule has 0 aromatic carbocycles. The van der Waals surface area contributed by atoms with E-state index in [1.165, 1.54) is 7.05 Å². The molecule has 1 atom stereocenters. The van der Waals surface area contributed by atoms with E-state index >= 15 is 0 Å². The second-order valence-electron chi connectivity index (χ2n) is 8.21. The molecule has 0 bridgehead atoms. The molecule has 1 unspecified atom stereocenters. The molecule has 1 aliphatic carbocycles. The Hall–Kier alpha value is -2.32. The maximum absolute atomic E-state index is 13.2. The Labute approximate surface area is 162 Å². The van der Waals surface area contributed by atoms with Crippen LogP contribution >= 0.6 is 0 Å². The van der Waals surface area contributed by atoms with Gasteiger partial charge in [-0.2, -0.15) is 13.2 Å². The molecule has 6 nitrogen and oxygen atoms in total. The van der Waals surface area contributed by atoms with Crippen molar-refractivity contribution in [3.8, 4) is 5.88 Å². The van der Waals surface area contributed by atoms with Gasteiger partial charge in [-0.1, -0.05) is 20.8 Å². The summed E-state index contributed by atoms with van der Waals surface area (Å²) in [7, 11) is 1.45. The van der Waals surface area contributed by atoms with Gasteiger partial charge >= 0.3 is 6.18 Å². The molecule has 0 spiro atoms. The molecule has 2 N–H and O–H groups in total. The zero-order chi connectivity index (χ0) is 21.1. The number of nitrogens with zero attached hydrogens (tertiary/aromatic N) is 1. The third kappa shape index (κ3) is 6.38. The van der Waals surface area contributed by atoms with Crippen LogP contribution in [-0.4, -0.2) is 36.5 Å². The first-order chi connectivity index (χ1) is 12.9. The van der Waals surface area contributed by atoms with Crippen LogP contribution in [0, 0.1) is 11.3 Å². The third-order valence-corrected chi connectivity index (χ3v) is 4.24. The van der Waals surface area contributed by atoms with Crippen molar-refractivity contribution >= 4 is 11.8 Å². The predicted octanol–water partition coefficient (Wildman–Crippen LogP) is 3.17. The monoisotopic (exact) mass is 401 g/mol. The van der Waals surface area contributed by atoms with Crippen molar-refractivity contribution in [1.82, 2.24) is 15.6 Å². The summed E-state index contributed by atoms with van der Waals surface area (Å²) in [6.07, 6.45) is -2.48. The largest absolute Gasteiger partial charge is 0.477 e. The average Bonchev–Trinajstić information content (AvgIpc) is 3.40. The predicted molar refractivity (Wildman–Crippen MR) is 96.9 cm³/mol. The fourth-order valence-electron chi connectivity index (χ4n) is 2.60. The number of alkyl halides is 3. The molecular formula is C19H26F3N3O3. The van der Waals surface area contributed by atoms with Crippen LogP contribution in [0.25, 0.3) is 0 Å². The van der Waals surface area contributed by atoms with Crippen LogP contribution < -0.4 is 15.4 Å². The van der Waals surface area contributed by atoms with Gasteiger partial charge in [0.1, 0.15) is 17.3 Å². The van der Waals surface area contributed by atoms with Gasteiger partial charge in [0.25, 0.3) is 5.91 Å². The van der Waals surface area contributed by atoms with E-state index in [-0.39, 0.29) is 29.5 Å². The Morgan fingerprint density at radius 3 is 2.39 bits per heavy atom. The molecule has 2 rings (SSSR count). The van der Waals surface area contributed by atoms with Crippen molar-refractivity contribution < 1.29 is 27.5 Å². The molecule has 1 fully saturated rings. The highest BCUT2D eigenvalue weighted by Crippen LogP contribution is 2.36. The fraction of sp³-hybridized carbons (Fsp3) is 0.632. The number of hydrogen-bond donors (Lipinski definition) is 2. The van der Waals surface area contributed by atoms with Gasteiger partial charge < -0.3 is 15.4 Å². The third-order valence-electron chi connectivity index (χ3n) is 4.24. The number of carbonyl (C=O) groups is 2. The van der Waals surface area contributed by atoms with Gasteiger partial charge in [0.15, 0.2) is 0 Å². The SMILES string of the molecule is CNC(=O)C(CC(C)(C)C)NC(=O)c1ccc(C(F)(F)F)c(OCC2CC2)n1. The lowest BCUT2D eigenvalue weighted by Gasteiger charge is -2.25. The minimum Gasteiger partial charge on any atom is -0.477 e. The number of likely N-dealkylation sites (N-methyl/N-ethyl adjacent to an activating group) is 1. The van der Waals surface area contributed by atoms with Crippen LogP contribution in [0.15, 0.2) is 12.1 Å². The van der Waals surface area contributed by atoms with Crippen LogP contribution in [0.4, 0.5) is 13.2 Å². The maximum atomic E-state index is 13.2. The van der Waals surface area contributed by atoms with Crippen LogP contribution in [0.1, 0.15) is 56.1 Å². The summed E-state index contributed by atoms with van der Waals surface area (Å²) in [4.78, 5) is 28.4. The lowest BCUT2D eigenvalue weighted by atomic mass is 9.87. The first-order valence-corrected chi connectivity index (χ1v) is 9.14. The van der Waals surface area contributed by atoms with E-state index in [1.54, 1.807) is 0 Å². The Kier molecular flexibility index (Phi) is 6.56. The van der Waals surface area contributed by atoms with E-state index in [0.717, 1.165) is 25.0 Å². The molecule has 0 radical (unpaired) electrons. The van der Waals surface area contributed by atoms with Gasteiger partial charge in [-0.05, 0) is 42.7 Å². The summed E-state index contributed by atoms with van der Waals surface area (Å²) in [5.41, 5.74) is -1.51. The summed E-state index contributed by atoms with van der Waals surface area (Å²) in [6.45, 7) is 5.87. The van der Waals surface area contributed by atoms with E-state index in [4.69, 9.17) is 4.74 Å². The fourth-order valence-corrected chi connectivity index (χ4v) is 2.60. The van der Waals surface area contributed by atoms with Crippen LogP contribution in [0.2, 0.25) is 0 Å². The summed E-state index contributed by atoms with van der Waals surface area (Å²) >= 11 is 0. The molecule has 2 amide bonds. The molecule has 1 aromatic rings. The second-order valence-corrected chi connectivity index (χ2v) is 8.21. The minimum absolute atomic E-state index is 0.131. The van der Waals surface area contributed by atoms with Crippen molar-refractivity contribution in [2.75, 3.05) is 13.7 Å². The normalized spacial score (nSPS) is 15.7. The Bertz CT molecular complexity index is 725. The number of pyridine rings is 1. The first-order valence-electron chi connectivity index (χ1n) is 9.14. The molecule has 9 heteroatoms. The van der Waals surface area contributed by atoms with Crippen molar-refractivity contribution in [3.05, 3.63) is 23.4 Å². The summed E-state index contributed by atoms with van der Waals surface area (Å²) in [6, 6.07) is 0.931. The van der Waals surface area contributed by atoms with Gasteiger partial charge in [0.2, 0.25) is 11.8 Å². The number of carbonyl (C=O) groups excluding carboxylic acids is 2. The number of hydrogen-bond acceptors (Lipinski definition) is 4. The molecule has 156 valence electrons. The topological polar surface area (TPSA) is 80.3 Å². The molecule has 0 aliphatic heterocycles. The number of halogens is 3. The van der Waals surface area contributed by atoms with Gasteiger partial charge in [-0.15, -0.1) is 0 Å². The molecule has 1 saturated carbocycles. The molecule has 1 aliphatic rings. The van der Waals surface area contributed by atoms with Crippen molar-refractivity contribution in [1.29, 1.82) is 0 Å². The van der Waals surface area contributed by atoms with Crippen LogP contribution in [0.5, 0.6) is 5.88 Å². The van der Waals surface area contributed by atoms with Crippen LogP contribution in [0.3, 0.4) is 0 Å². The highest BCUT2D eigenvalue weighted by atomic mass is 19.4. The Morgan fingerprint density at radius 2 is 1.89 bits per heavy atom. The highest BCUT2D eigenvalue weighted by molar-refractivity contribution is 5.96. The summed E-state index contributed by atoms with van der Waals surface area (Å²) in [5.74, 6) is -1.51. The van der Waals surface area contributed by atoms with Crippen LogP contribution in [-0.2, 0) is 11.0 Å². The van der Waals surface area contributed by atoms with E-state index in [9.17, 15) is 22.8 Å². The van der Waals surface area contributed by atoms with E-state index in [1.807, 2.05) is 20.8 Å². The van der Waals surface area contributed by atoms with E-state index in [2.05, 4.69) is 15.6 Å².